The fraction of sp³-hybridized carbons (Fsp3) is 0.267. The predicted octanol–water partition coefficient (Wildman–Crippen LogP) is 3.78. The first kappa shape index (κ1) is 14.7. The van der Waals surface area contributed by atoms with Gasteiger partial charge in [-0.1, -0.05) is 12.1 Å². The number of nitrogens with zero attached hydrogens (tertiary/aromatic N) is 1. The molecule has 0 saturated heterocycles. The maximum Gasteiger partial charge on any atom is 0.336 e. The van der Waals surface area contributed by atoms with Gasteiger partial charge >= 0.3 is 5.97 Å². The Morgan fingerprint density at radius 1 is 1.45 bits per heavy atom. The molecule has 5 heteroatoms. The number of halogens is 1. The molecule has 20 heavy (non-hydrogen) atoms. The number of rotatable bonds is 5. The van der Waals surface area contributed by atoms with Gasteiger partial charge in [0.25, 0.3) is 0 Å². The van der Waals surface area contributed by atoms with Crippen LogP contribution in [0.3, 0.4) is 0 Å². The van der Waals surface area contributed by atoms with Gasteiger partial charge < -0.3 is 5.11 Å². The van der Waals surface area contributed by atoms with Crippen LogP contribution in [-0.4, -0.2) is 23.0 Å². The van der Waals surface area contributed by atoms with E-state index in [4.69, 9.17) is 5.11 Å². The molecule has 0 radical (unpaired) electrons. The van der Waals surface area contributed by atoms with Gasteiger partial charge in [0.05, 0.1) is 5.56 Å². The highest BCUT2D eigenvalue weighted by Crippen LogP contribution is 2.25. The Bertz CT molecular complexity index is 598. The summed E-state index contributed by atoms with van der Waals surface area (Å²) in [7, 11) is 1.93. The van der Waals surface area contributed by atoms with Crippen molar-refractivity contribution in [1.29, 1.82) is 0 Å². The number of carbonyl (C=O) groups is 1. The molecule has 106 valence electrons. The second-order valence-electron chi connectivity index (χ2n) is 4.71. The lowest BCUT2D eigenvalue weighted by atomic mass is 10.1. The number of hydrogen-bond acceptors (Lipinski definition) is 3. The van der Waals surface area contributed by atoms with Crippen LogP contribution in [0.15, 0.2) is 35.7 Å². The monoisotopic (exact) mass is 293 g/mol. The molecule has 0 aliphatic rings. The first-order chi connectivity index (χ1) is 9.49. The average Bonchev–Trinajstić information content (AvgIpc) is 2.93. The van der Waals surface area contributed by atoms with E-state index in [1.165, 1.54) is 17.0 Å². The van der Waals surface area contributed by atoms with Crippen molar-refractivity contribution >= 4 is 17.3 Å². The van der Waals surface area contributed by atoms with Gasteiger partial charge in [-0.3, -0.25) is 4.90 Å². The summed E-state index contributed by atoms with van der Waals surface area (Å²) in [6, 6.07) is 8.13. The first-order valence-electron chi connectivity index (χ1n) is 6.24. The van der Waals surface area contributed by atoms with E-state index in [1.807, 2.05) is 23.4 Å². The molecule has 1 unspecified atom stereocenters. The summed E-state index contributed by atoms with van der Waals surface area (Å²) in [5.74, 6) is -1.63. The molecule has 1 heterocycles. The number of aromatic carboxylic acids is 1. The van der Waals surface area contributed by atoms with Gasteiger partial charge in [0.1, 0.15) is 5.82 Å². The molecule has 1 aromatic carbocycles. The highest BCUT2D eigenvalue weighted by Gasteiger charge is 2.17. The average molecular weight is 293 g/mol. The van der Waals surface area contributed by atoms with E-state index in [-0.39, 0.29) is 11.6 Å². The lowest BCUT2D eigenvalue weighted by molar-refractivity contribution is 0.0693. The Kier molecular flexibility index (Phi) is 4.52. The summed E-state index contributed by atoms with van der Waals surface area (Å²) in [6.45, 7) is 2.52. The van der Waals surface area contributed by atoms with Gasteiger partial charge in [-0.25, -0.2) is 9.18 Å². The van der Waals surface area contributed by atoms with Crippen LogP contribution in [0.2, 0.25) is 0 Å². The Morgan fingerprint density at radius 2 is 2.20 bits per heavy atom. The van der Waals surface area contributed by atoms with Gasteiger partial charge in [0.2, 0.25) is 0 Å². The van der Waals surface area contributed by atoms with Gasteiger partial charge in [-0.15, -0.1) is 11.3 Å². The van der Waals surface area contributed by atoms with Crippen LogP contribution in [0.5, 0.6) is 0 Å². The molecule has 0 amide bonds. The topological polar surface area (TPSA) is 40.5 Å². The van der Waals surface area contributed by atoms with Crippen LogP contribution >= 0.6 is 11.3 Å². The van der Waals surface area contributed by atoms with Crippen molar-refractivity contribution in [3.8, 4) is 0 Å². The summed E-state index contributed by atoms with van der Waals surface area (Å²) >= 11 is 1.66. The molecule has 0 saturated carbocycles. The Morgan fingerprint density at radius 3 is 2.80 bits per heavy atom. The van der Waals surface area contributed by atoms with Gasteiger partial charge in [0.15, 0.2) is 0 Å². The van der Waals surface area contributed by atoms with Crippen LogP contribution < -0.4 is 0 Å². The van der Waals surface area contributed by atoms with Crippen LogP contribution in [0, 0.1) is 5.82 Å². The molecule has 1 N–H and O–H groups in total. The largest absolute Gasteiger partial charge is 0.478 e. The molecule has 2 aromatic rings. The maximum atomic E-state index is 13.2. The zero-order valence-corrected chi connectivity index (χ0v) is 12.2. The second kappa shape index (κ2) is 6.15. The minimum absolute atomic E-state index is 0.0234. The van der Waals surface area contributed by atoms with E-state index >= 15 is 0 Å². The second-order valence-corrected chi connectivity index (χ2v) is 5.69. The molecular formula is C15H16FNO2S. The van der Waals surface area contributed by atoms with Crippen molar-refractivity contribution in [2.45, 2.75) is 19.5 Å². The van der Waals surface area contributed by atoms with E-state index in [9.17, 15) is 9.18 Å². The van der Waals surface area contributed by atoms with E-state index in [0.29, 0.717) is 12.1 Å². The van der Waals surface area contributed by atoms with Gasteiger partial charge in [0, 0.05) is 17.5 Å². The van der Waals surface area contributed by atoms with E-state index < -0.39 is 11.8 Å². The molecule has 0 spiro atoms. The van der Waals surface area contributed by atoms with Crippen molar-refractivity contribution in [3.05, 3.63) is 57.5 Å². The van der Waals surface area contributed by atoms with Crippen LogP contribution in [-0.2, 0) is 6.54 Å². The zero-order valence-electron chi connectivity index (χ0n) is 11.3. The van der Waals surface area contributed by atoms with Crippen LogP contribution in [0.25, 0.3) is 0 Å². The third-order valence-corrected chi connectivity index (χ3v) is 4.38. The highest BCUT2D eigenvalue weighted by atomic mass is 32.1. The Hall–Kier alpha value is -1.72. The van der Waals surface area contributed by atoms with Gasteiger partial charge in [-0.05, 0) is 43.1 Å². The molecule has 2 rings (SSSR count). The summed E-state index contributed by atoms with van der Waals surface area (Å²) in [5, 5.41) is 11.2. The van der Waals surface area contributed by atoms with Crippen molar-refractivity contribution in [1.82, 2.24) is 4.90 Å². The predicted molar refractivity (Wildman–Crippen MR) is 77.6 cm³/mol. The quantitative estimate of drug-likeness (QED) is 0.912. The number of hydrogen-bond donors (Lipinski definition) is 1. The fourth-order valence-electron chi connectivity index (χ4n) is 2.04. The third kappa shape index (κ3) is 3.23. The van der Waals surface area contributed by atoms with Crippen molar-refractivity contribution < 1.29 is 14.3 Å². The molecule has 0 fully saturated rings. The Balaban J connectivity index is 2.19. The third-order valence-electron chi connectivity index (χ3n) is 3.34. The van der Waals surface area contributed by atoms with Crippen molar-refractivity contribution in [2.75, 3.05) is 7.05 Å². The highest BCUT2D eigenvalue weighted by molar-refractivity contribution is 7.10. The van der Waals surface area contributed by atoms with Gasteiger partial charge in [-0.2, -0.15) is 0 Å². The molecule has 0 bridgehead atoms. The first-order valence-corrected chi connectivity index (χ1v) is 7.12. The molecule has 3 nitrogen and oxygen atoms in total. The summed E-state index contributed by atoms with van der Waals surface area (Å²) in [5.41, 5.74) is 0.639. The van der Waals surface area contributed by atoms with E-state index in [1.54, 1.807) is 11.3 Å². The minimum atomic E-state index is -1.10. The van der Waals surface area contributed by atoms with E-state index in [0.717, 1.165) is 6.07 Å². The fourth-order valence-corrected chi connectivity index (χ4v) is 2.89. The standard InChI is InChI=1S/C15H16FNO2S/c1-10(14-4-3-7-20-14)17(2)9-11-5-6-12(16)8-13(11)15(18)19/h3-8,10H,9H2,1-2H3,(H,18,19). The molecular weight excluding hydrogens is 277 g/mol. The minimum Gasteiger partial charge on any atom is -0.478 e. The molecule has 0 aliphatic carbocycles. The van der Waals surface area contributed by atoms with Crippen LogP contribution in [0.1, 0.15) is 33.8 Å². The molecule has 0 aliphatic heterocycles. The van der Waals surface area contributed by atoms with Crippen LogP contribution in [0.4, 0.5) is 4.39 Å². The lowest BCUT2D eigenvalue weighted by Gasteiger charge is -2.24. The smallest absolute Gasteiger partial charge is 0.336 e. The number of carboxylic acids is 1. The number of carboxylic acid groups (broad SMARTS) is 1. The molecule has 1 aromatic heterocycles. The Labute approximate surface area is 121 Å². The van der Waals surface area contributed by atoms with E-state index in [2.05, 4.69) is 13.0 Å². The summed E-state index contributed by atoms with van der Waals surface area (Å²) in [4.78, 5) is 14.4. The normalized spacial score (nSPS) is 12.6. The summed E-state index contributed by atoms with van der Waals surface area (Å²) in [6.07, 6.45) is 0. The SMILES string of the molecule is CC(c1cccs1)N(C)Cc1ccc(F)cc1C(=O)O. The van der Waals surface area contributed by atoms with Crippen molar-refractivity contribution in [3.63, 3.8) is 0 Å². The number of thiophene rings is 1. The summed E-state index contributed by atoms with van der Waals surface area (Å²) < 4.78 is 13.2. The van der Waals surface area contributed by atoms with Crippen molar-refractivity contribution in [2.24, 2.45) is 0 Å². The lowest BCUT2D eigenvalue weighted by Crippen LogP contribution is -2.22. The maximum absolute atomic E-state index is 13.2. The number of benzene rings is 1. The molecule has 1 atom stereocenters. The zero-order chi connectivity index (χ0) is 14.7.